The van der Waals surface area contributed by atoms with Crippen LogP contribution in [0.3, 0.4) is 0 Å². The summed E-state index contributed by atoms with van der Waals surface area (Å²) in [7, 11) is 0. The summed E-state index contributed by atoms with van der Waals surface area (Å²) in [4.78, 5) is 11.6. The molecule has 2 saturated carbocycles. The lowest BCUT2D eigenvalue weighted by molar-refractivity contribution is -0.139. The Hall–Kier alpha value is -1.31. The van der Waals surface area contributed by atoms with Crippen molar-refractivity contribution in [2.45, 2.75) is 31.8 Å². The van der Waals surface area contributed by atoms with Crippen LogP contribution in [-0.2, 0) is 9.53 Å². The topological polar surface area (TPSA) is 26.3 Å². The molecule has 1 saturated heterocycles. The lowest BCUT2D eigenvalue weighted by Gasteiger charge is -2.20. The molecule has 0 amide bonds. The summed E-state index contributed by atoms with van der Waals surface area (Å²) in [5.41, 5.74) is 3.22. The third kappa shape index (κ3) is 1.50. The molecule has 2 nitrogen and oxygen atoms in total. The molecule has 3 aliphatic rings. The normalized spacial score (nSPS) is 40.9. The highest BCUT2D eigenvalue weighted by Gasteiger charge is 2.46. The van der Waals surface area contributed by atoms with Crippen LogP contribution >= 0.6 is 0 Å². The molecule has 3 fully saturated rings. The fraction of sp³-hybridized carbons (Fsp3) is 0.533. The number of esters is 1. The van der Waals surface area contributed by atoms with Crippen LogP contribution in [0, 0.1) is 17.8 Å². The van der Waals surface area contributed by atoms with E-state index in [1.165, 1.54) is 17.6 Å². The first-order valence-corrected chi connectivity index (χ1v) is 6.33. The largest absolute Gasteiger partial charge is 0.458 e. The van der Waals surface area contributed by atoms with Crippen molar-refractivity contribution in [1.82, 2.24) is 0 Å². The minimum atomic E-state index is -0.213. The highest BCUT2D eigenvalue weighted by Crippen LogP contribution is 2.50. The molecule has 2 aliphatic carbocycles. The van der Waals surface area contributed by atoms with Gasteiger partial charge in [0.2, 0.25) is 0 Å². The second-order valence-electron chi connectivity index (χ2n) is 5.58. The van der Waals surface area contributed by atoms with Gasteiger partial charge in [-0.15, -0.1) is 0 Å². The van der Waals surface area contributed by atoms with Crippen LogP contribution in [0.15, 0.2) is 36.5 Å². The van der Waals surface area contributed by atoms with E-state index in [0.717, 1.165) is 19.3 Å². The first-order valence-electron chi connectivity index (χ1n) is 6.33. The number of rotatable bonds is 0. The van der Waals surface area contributed by atoms with Crippen molar-refractivity contribution in [3.8, 4) is 0 Å². The monoisotopic (exact) mass is 230 g/mol. The van der Waals surface area contributed by atoms with E-state index >= 15 is 0 Å². The molecule has 0 N–H and O–H groups in total. The SMILES string of the molecule is C=C1C(=O)OC2CC(=C)C3CCC(=C)C3CC12. The maximum Gasteiger partial charge on any atom is 0.334 e. The third-order valence-electron chi connectivity index (χ3n) is 4.70. The van der Waals surface area contributed by atoms with Crippen LogP contribution in [-0.4, -0.2) is 12.1 Å². The summed E-state index contributed by atoms with van der Waals surface area (Å²) in [6.07, 6.45) is 4.04. The van der Waals surface area contributed by atoms with Gasteiger partial charge in [-0.3, -0.25) is 0 Å². The Morgan fingerprint density at radius 2 is 1.82 bits per heavy atom. The van der Waals surface area contributed by atoms with Gasteiger partial charge in [-0.05, 0) is 31.1 Å². The number of hydrogen-bond donors (Lipinski definition) is 0. The molecule has 0 aromatic heterocycles. The maximum absolute atomic E-state index is 11.6. The Labute approximate surface area is 102 Å². The van der Waals surface area contributed by atoms with Crippen molar-refractivity contribution >= 4 is 5.97 Å². The van der Waals surface area contributed by atoms with E-state index in [-0.39, 0.29) is 18.0 Å². The number of fused-ring (bicyclic) bond motifs is 2. The van der Waals surface area contributed by atoms with Crippen molar-refractivity contribution in [3.05, 3.63) is 36.5 Å². The van der Waals surface area contributed by atoms with Crippen molar-refractivity contribution < 1.29 is 9.53 Å². The van der Waals surface area contributed by atoms with E-state index in [1.54, 1.807) is 0 Å². The Kier molecular flexibility index (Phi) is 2.29. The van der Waals surface area contributed by atoms with Crippen molar-refractivity contribution in [2.24, 2.45) is 17.8 Å². The average molecular weight is 230 g/mol. The summed E-state index contributed by atoms with van der Waals surface area (Å²) < 4.78 is 5.40. The van der Waals surface area contributed by atoms with E-state index in [2.05, 4.69) is 19.7 Å². The van der Waals surface area contributed by atoms with E-state index < -0.39 is 0 Å². The van der Waals surface area contributed by atoms with E-state index in [9.17, 15) is 4.79 Å². The summed E-state index contributed by atoms with van der Waals surface area (Å²) in [5, 5.41) is 0. The van der Waals surface area contributed by atoms with Gasteiger partial charge >= 0.3 is 5.97 Å². The van der Waals surface area contributed by atoms with Crippen LogP contribution in [0.1, 0.15) is 25.7 Å². The molecule has 3 rings (SSSR count). The molecular formula is C15H18O2. The van der Waals surface area contributed by atoms with Crippen LogP contribution in [0.2, 0.25) is 0 Å². The lowest BCUT2D eigenvalue weighted by atomic mass is 9.83. The zero-order valence-corrected chi connectivity index (χ0v) is 10.1. The standard InChI is InChI=1S/C15H18O2/c1-8-4-5-11-9(2)6-14-13(7-12(8)11)10(3)15(16)17-14/h11-14H,1-7H2. The minimum absolute atomic E-state index is 0.0131. The highest BCUT2D eigenvalue weighted by atomic mass is 16.6. The Bertz CT molecular complexity index is 432. The molecule has 1 heterocycles. The Morgan fingerprint density at radius 1 is 1.06 bits per heavy atom. The highest BCUT2D eigenvalue weighted by molar-refractivity contribution is 5.90. The molecular weight excluding hydrogens is 212 g/mol. The number of allylic oxidation sites excluding steroid dienone is 1. The number of ether oxygens (including phenoxy) is 1. The second kappa shape index (κ2) is 3.59. The number of hydrogen-bond acceptors (Lipinski definition) is 2. The molecule has 2 heteroatoms. The van der Waals surface area contributed by atoms with Gasteiger partial charge in [-0.2, -0.15) is 0 Å². The van der Waals surface area contributed by atoms with Gasteiger partial charge in [0.25, 0.3) is 0 Å². The summed E-state index contributed by atoms with van der Waals surface area (Å²) in [5.74, 6) is 1.02. The Balaban J connectivity index is 1.93. The molecule has 0 radical (unpaired) electrons. The molecule has 0 spiro atoms. The van der Waals surface area contributed by atoms with Gasteiger partial charge in [-0.1, -0.05) is 30.9 Å². The lowest BCUT2D eigenvalue weighted by Crippen LogP contribution is -2.16. The van der Waals surface area contributed by atoms with Gasteiger partial charge in [0.15, 0.2) is 0 Å². The van der Waals surface area contributed by atoms with Crippen molar-refractivity contribution in [2.75, 3.05) is 0 Å². The fourth-order valence-electron chi connectivity index (χ4n) is 3.66. The van der Waals surface area contributed by atoms with Crippen LogP contribution < -0.4 is 0 Å². The molecule has 90 valence electrons. The van der Waals surface area contributed by atoms with Crippen LogP contribution in [0.5, 0.6) is 0 Å². The van der Waals surface area contributed by atoms with Gasteiger partial charge in [0.05, 0.1) is 0 Å². The second-order valence-corrected chi connectivity index (χ2v) is 5.58. The molecule has 17 heavy (non-hydrogen) atoms. The van der Waals surface area contributed by atoms with Crippen molar-refractivity contribution in [1.29, 1.82) is 0 Å². The predicted molar refractivity (Wildman–Crippen MR) is 66.2 cm³/mol. The smallest absolute Gasteiger partial charge is 0.334 e. The molecule has 0 bridgehead atoms. The van der Waals surface area contributed by atoms with Crippen LogP contribution in [0.25, 0.3) is 0 Å². The molecule has 1 aliphatic heterocycles. The fourth-order valence-corrected chi connectivity index (χ4v) is 3.66. The van der Waals surface area contributed by atoms with E-state index in [1.807, 2.05) is 0 Å². The maximum atomic E-state index is 11.6. The van der Waals surface area contributed by atoms with Gasteiger partial charge in [0, 0.05) is 17.9 Å². The minimum Gasteiger partial charge on any atom is -0.458 e. The summed E-state index contributed by atoms with van der Waals surface area (Å²) >= 11 is 0. The first kappa shape index (κ1) is 10.8. The quantitative estimate of drug-likeness (QED) is 0.363. The van der Waals surface area contributed by atoms with Crippen molar-refractivity contribution in [3.63, 3.8) is 0 Å². The molecule has 4 unspecified atom stereocenters. The average Bonchev–Trinajstić information content (AvgIpc) is 2.71. The van der Waals surface area contributed by atoms with E-state index in [0.29, 0.717) is 17.4 Å². The Morgan fingerprint density at radius 3 is 2.59 bits per heavy atom. The predicted octanol–water partition coefficient (Wildman–Crippen LogP) is 3.02. The van der Waals surface area contributed by atoms with Crippen LogP contribution in [0.4, 0.5) is 0 Å². The number of carbonyl (C=O) groups excluding carboxylic acids is 1. The van der Waals surface area contributed by atoms with Gasteiger partial charge in [-0.25, -0.2) is 4.79 Å². The van der Waals surface area contributed by atoms with Gasteiger partial charge < -0.3 is 4.74 Å². The first-order chi connectivity index (χ1) is 8.08. The zero-order chi connectivity index (χ0) is 12.2. The summed E-state index contributed by atoms with van der Waals surface area (Å²) in [6.45, 7) is 12.3. The molecule has 0 aromatic rings. The molecule has 4 atom stereocenters. The van der Waals surface area contributed by atoms with E-state index in [4.69, 9.17) is 4.74 Å². The third-order valence-corrected chi connectivity index (χ3v) is 4.70. The number of carbonyl (C=O) groups is 1. The van der Waals surface area contributed by atoms with Gasteiger partial charge in [0.1, 0.15) is 6.10 Å². The zero-order valence-electron chi connectivity index (χ0n) is 10.1. The summed E-state index contributed by atoms with van der Waals surface area (Å²) in [6, 6.07) is 0. The molecule has 0 aromatic carbocycles.